The fraction of sp³-hybridized carbons (Fsp3) is 0.278. The number of rotatable bonds is 6. The molecular weight excluding hydrogens is 373 g/mol. The minimum Gasteiger partial charge on any atom is -0.350 e. The fourth-order valence-electron chi connectivity index (χ4n) is 2.72. The number of aromatic nitrogens is 4. The molecule has 28 heavy (non-hydrogen) atoms. The van der Waals surface area contributed by atoms with Gasteiger partial charge >= 0.3 is 6.18 Å². The third kappa shape index (κ3) is 4.39. The van der Waals surface area contributed by atoms with E-state index in [4.69, 9.17) is 0 Å². The summed E-state index contributed by atoms with van der Waals surface area (Å²) in [5, 5.41) is 13.4. The molecule has 2 aromatic heterocycles. The Morgan fingerprint density at radius 2 is 1.93 bits per heavy atom. The summed E-state index contributed by atoms with van der Waals surface area (Å²) >= 11 is 0. The van der Waals surface area contributed by atoms with E-state index in [0.29, 0.717) is 5.69 Å². The number of halogens is 3. The molecule has 2 heterocycles. The normalized spacial score (nSPS) is 12.8. The van der Waals surface area contributed by atoms with Crippen LogP contribution in [0.3, 0.4) is 0 Å². The first-order chi connectivity index (χ1) is 13.3. The van der Waals surface area contributed by atoms with Gasteiger partial charge in [0.25, 0.3) is 0 Å². The summed E-state index contributed by atoms with van der Waals surface area (Å²) in [6, 6.07) is 7.13. The third-order valence-electron chi connectivity index (χ3n) is 4.16. The summed E-state index contributed by atoms with van der Waals surface area (Å²) in [5.74, 6) is -0.207. The number of hydrogen-bond acceptors (Lipinski definition) is 4. The van der Waals surface area contributed by atoms with Crippen molar-refractivity contribution in [1.82, 2.24) is 30.2 Å². The molecule has 1 amide bonds. The largest absolute Gasteiger partial charge is 0.435 e. The van der Waals surface area contributed by atoms with Crippen molar-refractivity contribution in [3.05, 3.63) is 65.7 Å². The fourth-order valence-corrected chi connectivity index (χ4v) is 2.72. The maximum atomic E-state index is 12.6. The maximum absolute atomic E-state index is 12.6. The van der Waals surface area contributed by atoms with Crippen molar-refractivity contribution in [2.45, 2.75) is 18.8 Å². The van der Waals surface area contributed by atoms with Crippen LogP contribution >= 0.6 is 0 Å². The highest BCUT2D eigenvalue weighted by atomic mass is 19.4. The predicted octanol–water partition coefficient (Wildman–Crippen LogP) is 2.20. The molecule has 0 radical (unpaired) electrons. The van der Waals surface area contributed by atoms with E-state index in [2.05, 4.69) is 20.8 Å². The van der Waals surface area contributed by atoms with Crippen molar-refractivity contribution >= 4 is 5.91 Å². The Morgan fingerprint density at radius 1 is 1.21 bits per heavy atom. The zero-order valence-electron chi connectivity index (χ0n) is 15.2. The second-order valence-corrected chi connectivity index (χ2v) is 6.20. The molecule has 1 unspecified atom stereocenters. The van der Waals surface area contributed by atoms with Gasteiger partial charge in [-0.15, -0.1) is 0 Å². The van der Waals surface area contributed by atoms with Crippen molar-refractivity contribution in [2.75, 3.05) is 7.05 Å². The van der Waals surface area contributed by atoms with Crippen LogP contribution in [0.5, 0.6) is 0 Å². The number of benzene rings is 1. The Bertz CT molecular complexity index is 945. The van der Waals surface area contributed by atoms with Crippen molar-refractivity contribution < 1.29 is 18.0 Å². The molecule has 0 saturated heterocycles. The van der Waals surface area contributed by atoms with E-state index in [-0.39, 0.29) is 12.5 Å². The molecule has 3 aromatic rings. The molecule has 0 fully saturated rings. The minimum atomic E-state index is -4.48. The molecule has 10 heteroatoms. The summed E-state index contributed by atoms with van der Waals surface area (Å²) in [6.45, 7) is 0.282. The second-order valence-electron chi connectivity index (χ2n) is 6.20. The lowest BCUT2D eigenvalue weighted by Gasteiger charge is -2.14. The van der Waals surface area contributed by atoms with Gasteiger partial charge in [-0.2, -0.15) is 23.4 Å². The van der Waals surface area contributed by atoms with Gasteiger partial charge in [0.15, 0.2) is 5.69 Å². The van der Waals surface area contributed by atoms with Gasteiger partial charge in [-0.05, 0) is 30.8 Å². The molecule has 148 valence electrons. The number of aryl methyl sites for hydroxylation is 1. The van der Waals surface area contributed by atoms with Crippen LogP contribution in [0, 0.1) is 0 Å². The first kappa shape index (κ1) is 19.6. The number of nitrogens with one attached hydrogen (secondary N) is 2. The van der Waals surface area contributed by atoms with E-state index in [1.807, 2.05) is 0 Å². The average molecular weight is 392 g/mol. The number of alkyl halides is 3. The second kappa shape index (κ2) is 7.85. The summed E-state index contributed by atoms with van der Waals surface area (Å²) < 4.78 is 40.7. The smallest absolute Gasteiger partial charge is 0.350 e. The van der Waals surface area contributed by atoms with Crippen LogP contribution in [0.4, 0.5) is 13.2 Å². The Kier molecular flexibility index (Phi) is 5.50. The molecule has 0 saturated carbocycles. The average Bonchev–Trinajstić information content (AvgIpc) is 3.30. The van der Waals surface area contributed by atoms with Crippen molar-refractivity contribution in [3.63, 3.8) is 0 Å². The topological polar surface area (TPSA) is 76.8 Å². The SMILES string of the molecule is CNC(C(=O)NCc1ccc(-n2ccc(C(F)(F)F)n2)cc1)c1cnn(C)c1. The Hall–Kier alpha value is -3.14. The van der Waals surface area contributed by atoms with E-state index in [9.17, 15) is 18.0 Å². The quantitative estimate of drug-likeness (QED) is 0.674. The number of hydrogen-bond donors (Lipinski definition) is 2. The van der Waals surface area contributed by atoms with Gasteiger partial charge in [0.2, 0.25) is 5.91 Å². The molecule has 2 N–H and O–H groups in total. The molecule has 0 aliphatic rings. The molecule has 0 bridgehead atoms. The lowest BCUT2D eigenvalue weighted by atomic mass is 10.1. The van der Waals surface area contributed by atoms with Crippen molar-refractivity contribution in [2.24, 2.45) is 7.05 Å². The van der Waals surface area contributed by atoms with E-state index in [0.717, 1.165) is 21.9 Å². The van der Waals surface area contributed by atoms with Gasteiger partial charge < -0.3 is 10.6 Å². The molecule has 7 nitrogen and oxygen atoms in total. The number of likely N-dealkylation sites (N-methyl/N-ethyl adjacent to an activating group) is 1. The van der Waals surface area contributed by atoms with Gasteiger partial charge in [-0.3, -0.25) is 9.48 Å². The van der Waals surface area contributed by atoms with Gasteiger partial charge in [0, 0.05) is 31.5 Å². The predicted molar refractivity (Wildman–Crippen MR) is 95.4 cm³/mol. The van der Waals surface area contributed by atoms with Gasteiger partial charge in [0.05, 0.1) is 11.9 Å². The highest BCUT2D eigenvalue weighted by Crippen LogP contribution is 2.27. The van der Waals surface area contributed by atoms with E-state index in [1.54, 1.807) is 55.4 Å². The number of carbonyl (C=O) groups excluding carboxylic acids is 1. The molecule has 0 aliphatic carbocycles. The monoisotopic (exact) mass is 392 g/mol. The van der Waals surface area contributed by atoms with Crippen LogP contribution in [0.25, 0.3) is 5.69 Å². The number of nitrogens with zero attached hydrogens (tertiary/aromatic N) is 4. The van der Waals surface area contributed by atoms with Gasteiger partial charge in [0.1, 0.15) is 6.04 Å². The first-order valence-corrected chi connectivity index (χ1v) is 8.43. The first-order valence-electron chi connectivity index (χ1n) is 8.43. The zero-order chi connectivity index (χ0) is 20.3. The molecule has 0 spiro atoms. The Balaban J connectivity index is 1.62. The zero-order valence-corrected chi connectivity index (χ0v) is 15.2. The van der Waals surface area contributed by atoms with Crippen LogP contribution in [0.1, 0.15) is 22.9 Å². The Morgan fingerprint density at radius 3 is 2.46 bits per heavy atom. The van der Waals surface area contributed by atoms with Crippen LogP contribution < -0.4 is 10.6 Å². The maximum Gasteiger partial charge on any atom is 0.435 e. The third-order valence-corrected chi connectivity index (χ3v) is 4.16. The summed E-state index contributed by atoms with van der Waals surface area (Å²) in [7, 11) is 3.46. The van der Waals surface area contributed by atoms with Crippen molar-refractivity contribution in [1.29, 1.82) is 0 Å². The van der Waals surface area contributed by atoms with Crippen LogP contribution in [-0.4, -0.2) is 32.5 Å². The summed E-state index contributed by atoms with van der Waals surface area (Å²) in [4.78, 5) is 12.4. The number of amides is 1. The van der Waals surface area contributed by atoms with E-state index in [1.165, 1.54) is 6.20 Å². The van der Waals surface area contributed by atoms with Crippen LogP contribution in [-0.2, 0) is 24.6 Å². The lowest BCUT2D eigenvalue weighted by molar-refractivity contribution is -0.141. The van der Waals surface area contributed by atoms with Gasteiger partial charge in [-0.1, -0.05) is 12.1 Å². The minimum absolute atomic E-state index is 0.207. The molecule has 3 rings (SSSR count). The van der Waals surface area contributed by atoms with Crippen molar-refractivity contribution in [3.8, 4) is 5.69 Å². The highest BCUT2D eigenvalue weighted by Gasteiger charge is 2.33. The Labute approximate surface area is 159 Å². The molecular formula is C18H19F3N6O. The lowest BCUT2D eigenvalue weighted by Crippen LogP contribution is -2.35. The standard InChI is InChI=1S/C18H19F3N6O/c1-22-16(13-10-24-26(2)11-13)17(28)23-9-12-3-5-14(6-4-12)27-8-7-15(25-27)18(19,20)21/h3-8,10-11,16,22H,9H2,1-2H3,(H,23,28). The molecule has 1 atom stereocenters. The van der Waals surface area contributed by atoms with Crippen LogP contribution in [0.2, 0.25) is 0 Å². The highest BCUT2D eigenvalue weighted by molar-refractivity contribution is 5.83. The van der Waals surface area contributed by atoms with E-state index >= 15 is 0 Å². The van der Waals surface area contributed by atoms with E-state index < -0.39 is 17.9 Å². The van der Waals surface area contributed by atoms with Gasteiger partial charge in [-0.25, -0.2) is 4.68 Å². The molecule has 0 aliphatic heterocycles. The number of carbonyl (C=O) groups is 1. The molecule has 1 aromatic carbocycles. The summed E-state index contributed by atoms with van der Waals surface area (Å²) in [6.07, 6.45) is 0.155. The van der Waals surface area contributed by atoms with Crippen LogP contribution in [0.15, 0.2) is 48.9 Å². The summed E-state index contributed by atoms with van der Waals surface area (Å²) in [5.41, 5.74) is 1.10.